The van der Waals surface area contributed by atoms with Crippen LogP contribution < -0.4 is 9.47 Å². The number of halogens is 3. The van der Waals surface area contributed by atoms with Crippen molar-refractivity contribution in [2.75, 3.05) is 7.11 Å². The SMILES string of the molecule is COc1cc(/C=C2\N=C(c3ccccc3F)OC2=O)cc(Br)c1OCc1ccc(Br)cc1. The summed E-state index contributed by atoms with van der Waals surface area (Å²) in [6.45, 7) is 0.352. The summed E-state index contributed by atoms with van der Waals surface area (Å²) >= 11 is 6.91. The summed E-state index contributed by atoms with van der Waals surface area (Å²) in [7, 11) is 1.53. The first-order valence-electron chi connectivity index (χ1n) is 9.47. The van der Waals surface area contributed by atoms with E-state index in [1.165, 1.54) is 19.2 Å². The number of esters is 1. The fraction of sp³-hybridized carbons (Fsp3) is 0.0833. The minimum atomic E-state index is -0.658. The van der Waals surface area contributed by atoms with E-state index in [4.69, 9.17) is 14.2 Å². The van der Waals surface area contributed by atoms with Crippen molar-refractivity contribution in [3.63, 3.8) is 0 Å². The van der Waals surface area contributed by atoms with Crippen molar-refractivity contribution in [2.24, 2.45) is 4.99 Å². The molecule has 162 valence electrons. The molecule has 1 aliphatic heterocycles. The maximum Gasteiger partial charge on any atom is 0.363 e. The molecule has 0 saturated heterocycles. The average molecular weight is 561 g/mol. The zero-order valence-electron chi connectivity index (χ0n) is 16.8. The van der Waals surface area contributed by atoms with Gasteiger partial charge in [0.15, 0.2) is 17.2 Å². The maximum absolute atomic E-state index is 14.0. The summed E-state index contributed by atoms with van der Waals surface area (Å²) in [4.78, 5) is 16.4. The van der Waals surface area contributed by atoms with E-state index >= 15 is 0 Å². The molecule has 0 bridgehead atoms. The second kappa shape index (κ2) is 9.67. The Morgan fingerprint density at radius 2 is 1.84 bits per heavy atom. The van der Waals surface area contributed by atoms with E-state index in [2.05, 4.69) is 36.9 Å². The van der Waals surface area contributed by atoms with Crippen molar-refractivity contribution in [3.8, 4) is 11.5 Å². The van der Waals surface area contributed by atoms with Gasteiger partial charge in [-0.2, -0.15) is 0 Å². The lowest BCUT2D eigenvalue weighted by Gasteiger charge is -2.14. The number of methoxy groups -OCH3 is 1. The van der Waals surface area contributed by atoms with Crippen LogP contribution in [0.2, 0.25) is 0 Å². The molecule has 0 unspecified atom stereocenters. The molecular weight excluding hydrogens is 545 g/mol. The van der Waals surface area contributed by atoms with Crippen LogP contribution in [0.25, 0.3) is 6.08 Å². The number of hydrogen-bond acceptors (Lipinski definition) is 5. The smallest absolute Gasteiger partial charge is 0.363 e. The Morgan fingerprint density at radius 1 is 1.09 bits per heavy atom. The van der Waals surface area contributed by atoms with Crippen LogP contribution in [0.15, 0.2) is 80.3 Å². The topological polar surface area (TPSA) is 57.1 Å². The van der Waals surface area contributed by atoms with E-state index in [-0.39, 0.29) is 17.2 Å². The molecule has 0 spiro atoms. The highest BCUT2D eigenvalue weighted by Crippen LogP contribution is 2.38. The zero-order valence-corrected chi connectivity index (χ0v) is 19.9. The molecule has 0 radical (unpaired) electrons. The molecular formula is C24H16Br2FNO4. The van der Waals surface area contributed by atoms with Crippen LogP contribution in [0, 0.1) is 5.82 Å². The fourth-order valence-corrected chi connectivity index (χ4v) is 3.85. The molecule has 1 heterocycles. The van der Waals surface area contributed by atoms with Gasteiger partial charge in [-0.15, -0.1) is 0 Å². The molecule has 0 N–H and O–H groups in total. The van der Waals surface area contributed by atoms with Gasteiger partial charge in [0.2, 0.25) is 5.90 Å². The van der Waals surface area contributed by atoms with E-state index in [1.807, 2.05) is 24.3 Å². The second-order valence-electron chi connectivity index (χ2n) is 6.77. The number of benzene rings is 3. The second-order valence-corrected chi connectivity index (χ2v) is 8.54. The Bertz CT molecular complexity index is 1240. The van der Waals surface area contributed by atoms with Gasteiger partial charge in [-0.1, -0.05) is 40.2 Å². The summed E-state index contributed by atoms with van der Waals surface area (Å²) in [5, 5.41) is 0. The maximum atomic E-state index is 14.0. The number of hydrogen-bond donors (Lipinski definition) is 0. The average Bonchev–Trinajstić information content (AvgIpc) is 3.14. The molecule has 0 aliphatic carbocycles. The normalized spacial score (nSPS) is 14.3. The number of ether oxygens (including phenoxy) is 3. The van der Waals surface area contributed by atoms with Gasteiger partial charge in [-0.3, -0.25) is 0 Å². The lowest BCUT2D eigenvalue weighted by atomic mass is 10.1. The van der Waals surface area contributed by atoms with Gasteiger partial charge in [-0.25, -0.2) is 14.2 Å². The number of nitrogens with zero attached hydrogens (tertiary/aromatic N) is 1. The van der Waals surface area contributed by atoms with Gasteiger partial charge >= 0.3 is 5.97 Å². The highest BCUT2D eigenvalue weighted by molar-refractivity contribution is 9.10. The third kappa shape index (κ3) is 4.92. The van der Waals surface area contributed by atoms with Crippen LogP contribution in [0.3, 0.4) is 0 Å². The van der Waals surface area contributed by atoms with Crippen molar-refractivity contribution in [1.82, 2.24) is 0 Å². The van der Waals surface area contributed by atoms with Gasteiger partial charge < -0.3 is 14.2 Å². The highest BCUT2D eigenvalue weighted by Gasteiger charge is 2.26. The quantitative estimate of drug-likeness (QED) is 0.263. The number of carbonyl (C=O) groups is 1. The summed E-state index contributed by atoms with van der Waals surface area (Å²) in [5.74, 6) is -0.235. The molecule has 0 fully saturated rings. The summed E-state index contributed by atoms with van der Waals surface area (Å²) in [6.07, 6.45) is 1.54. The van der Waals surface area contributed by atoms with E-state index in [0.717, 1.165) is 10.0 Å². The van der Waals surface area contributed by atoms with Crippen molar-refractivity contribution >= 4 is 49.8 Å². The first-order valence-corrected chi connectivity index (χ1v) is 11.1. The fourth-order valence-electron chi connectivity index (χ4n) is 3.02. The Labute approximate surface area is 200 Å². The minimum Gasteiger partial charge on any atom is -0.493 e. The molecule has 5 nitrogen and oxygen atoms in total. The lowest BCUT2D eigenvalue weighted by Crippen LogP contribution is -2.07. The molecule has 0 amide bonds. The highest BCUT2D eigenvalue weighted by atomic mass is 79.9. The Kier molecular flexibility index (Phi) is 6.72. The van der Waals surface area contributed by atoms with Crippen LogP contribution >= 0.6 is 31.9 Å². The monoisotopic (exact) mass is 559 g/mol. The molecule has 0 atom stereocenters. The standard InChI is InChI=1S/C24H16Br2FNO4/c1-30-21-12-15(10-18(26)22(21)31-13-14-6-8-16(25)9-7-14)11-20-24(29)32-23(28-20)17-4-2-3-5-19(17)27/h2-12H,13H2,1H3/b20-11-. The van der Waals surface area contributed by atoms with Gasteiger partial charge in [0, 0.05) is 4.47 Å². The van der Waals surface area contributed by atoms with E-state index in [1.54, 1.807) is 30.3 Å². The Balaban J connectivity index is 1.59. The Morgan fingerprint density at radius 3 is 2.56 bits per heavy atom. The molecule has 1 aliphatic rings. The van der Waals surface area contributed by atoms with Gasteiger partial charge in [0.05, 0.1) is 17.1 Å². The van der Waals surface area contributed by atoms with Crippen LogP contribution in [-0.2, 0) is 16.1 Å². The molecule has 0 aromatic heterocycles. The number of rotatable bonds is 6. The van der Waals surface area contributed by atoms with E-state index in [9.17, 15) is 9.18 Å². The third-order valence-electron chi connectivity index (χ3n) is 4.58. The number of carbonyl (C=O) groups excluding carboxylic acids is 1. The molecule has 32 heavy (non-hydrogen) atoms. The zero-order chi connectivity index (χ0) is 22.7. The predicted molar refractivity (Wildman–Crippen MR) is 126 cm³/mol. The van der Waals surface area contributed by atoms with Crippen molar-refractivity contribution in [3.05, 3.63) is 97.8 Å². The van der Waals surface area contributed by atoms with Gasteiger partial charge in [0.25, 0.3) is 0 Å². The molecule has 3 aromatic rings. The van der Waals surface area contributed by atoms with Crippen molar-refractivity contribution in [1.29, 1.82) is 0 Å². The molecule has 3 aromatic carbocycles. The van der Waals surface area contributed by atoms with E-state index in [0.29, 0.717) is 28.1 Å². The number of aliphatic imine (C=N–C) groups is 1. The summed E-state index contributed by atoms with van der Waals surface area (Å²) < 4.78 is 32.2. The van der Waals surface area contributed by atoms with Crippen LogP contribution in [-0.4, -0.2) is 19.0 Å². The van der Waals surface area contributed by atoms with Crippen LogP contribution in [0.1, 0.15) is 16.7 Å². The van der Waals surface area contributed by atoms with Crippen LogP contribution in [0.5, 0.6) is 11.5 Å². The molecule has 4 rings (SSSR count). The lowest BCUT2D eigenvalue weighted by molar-refractivity contribution is -0.129. The summed E-state index contributed by atoms with van der Waals surface area (Å²) in [5.41, 5.74) is 1.81. The van der Waals surface area contributed by atoms with Gasteiger partial charge in [0.1, 0.15) is 12.4 Å². The molecule has 0 saturated carbocycles. The third-order valence-corrected chi connectivity index (χ3v) is 5.69. The predicted octanol–water partition coefficient (Wildman–Crippen LogP) is 6.28. The summed E-state index contributed by atoms with van der Waals surface area (Å²) in [6, 6.07) is 17.3. The minimum absolute atomic E-state index is 0.0562. The largest absolute Gasteiger partial charge is 0.493 e. The van der Waals surface area contributed by atoms with Crippen molar-refractivity contribution < 1.29 is 23.4 Å². The number of cyclic esters (lactones) is 1. The van der Waals surface area contributed by atoms with Crippen molar-refractivity contribution in [2.45, 2.75) is 6.61 Å². The van der Waals surface area contributed by atoms with E-state index < -0.39 is 11.8 Å². The van der Waals surface area contributed by atoms with Gasteiger partial charge in [-0.05, 0) is 69.5 Å². The van der Waals surface area contributed by atoms with Crippen LogP contribution in [0.4, 0.5) is 4.39 Å². The first-order chi connectivity index (χ1) is 15.4. The first kappa shape index (κ1) is 22.2. The Hall–Kier alpha value is -2.97. The molecule has 8 heteroatoms.